The summed E-state index contributed by atoms with van der Waals surface area (Å²) in [6.07, 6.45) is 0. The maximum absolute atomic E-state index is 13.5. The number of esters is 1. The normalized spacial score (nSPS) is 10.5. The molecule has 0 atom stereocenters. The minimum absolute atomic E-state index is 0.0277. The Labute approximate surface area is 143 Å². The highest BCUT2D eigenvalue weighted by atomic mass is 19.2. The lowest BCUT2D eigenvalue weighted by molar-refractivity contribution is -0.147. The second kappa shape index (κ2) is 7.81. The van der Waals surface area contributed by atoms with Crippen LogP contribution in [0.5, 0.6) is 5.75 Å². The SMILES string of the molecule is NC(=O)c1ccccc1OCC(=O)OCc1c(F)c(F)c(F)c(F)c1F. The predicted molar refractivity (Wildman–Crippen MR) is 76.5 cm³/mol. The lowest BCUT2D eigenvalue weighted by Gasteiger charge is -2.11. The van der Waals surface area contributed by atoms with Crippen LogP contribution in [0.1, 0.15) is 15.9 Å². The average molecular weight is 375 g/mol. The van der Waals surface area contributed by atoms with Crippen LogP contribution < -0.4 is 10.5 Å². The smallest absolute Gasteiger partial charge is 0.344 e. The Morgan fingerprint density at radius 1 is 0.885 bits per heavy atom. The summed E-state index contributed by atoms with van der Waals surface area (Å²) >= 11 is 0. The summed E-state index contributed by atoms with van der Waals surface area (Å²) in [6.45, 7) is -1.99. The van der Waals surface area contributed by atoms with Gasteiger partial charge in [-0.3, -0.25) is 4.79 Å². The first kappa shape index (κ1) is 19.2. The summed E-state index contributed by atoms with van der Waals surface area (Å²) in [7, 11) is 0. The zero-order chi connectivity index (χ0) is 19.4. The number of benzene rings is 2. The van der Waals surface area contributed by atoms with E-state index in [-0.39, 0.29) is 11.3 Å². The van der Waals surface area contributed by atoms with Gasteiger partial charge in [-0.15, -0.1) is 0 Å². The summed E-state index contributed by atoms with van der Waals surface area (Å²) < 4.78 is 75.4. The van der Waals surface area contributed by atoms with Crippen LogP contribution in [0.3, 0.4) is 0 Å². The summed E-state index contributed by atoms with van der Waals surface area (Å²) in [4.78, 5) is 22.7. The van der Waals surface area contributed by atoms with Crippen molar-refractivity contribution >= 4 is 11.9 Å². The average Bonchev–Trinajstić information content (AvgIpc) is 2.63. The number of rotatable bonds is 6. The molecule has 2 aromatic carbocycles. The highest BCUT2D eigenvalue weighted by Crippen LogP contribution is 2.23. The number of primary amides is 1. The van der Waals surface area contributed by atoms with Gasteiger partial charge in [0.2, 0.25) is 5.82 Å². The topological polar surface area (TPSA) is 78.6 Å². The summed E-state index contributed by atoms with van der Waals surface area (Å²) in [5.74, 6) is -12.9. The molecule has 0 aliphatic carbocycles. The van der Waals surface area contributed by atoms with Crippen molar-refractivity contribution in [2.45, 2.75) is 6.61 Å². The van der Waals surface area contributed by atoms with Crippen molar-refractivity contribution in [2.75, 3.05) is 6.61 Å². The number of hydrogen-bond donors (Lipinski definition) is 1. The van der Waals surface area contributed by atoms with Gasteiger partial charge in [-0.25, -0.2) is 26.7 Å². The van der Waals surface area contributed by atoms with E-state index in [1.807, 2.05) is 0 Å². The lowest BCUT2D eigenvalue weighted by atomic mass is 10.2. The molecule has 0 heterocycles. The monoisotopic (exact) mass is 375 g/mol. The molecule has 0 bridgehead atoms. The molecule has 0 spiro atoms. The minimum atomic E-state index is -2.32. The van der Waals surface area contributed by atoms with Gasteiger partial charge in [-0.2, -0.15) is 0 Å². The van der Waals surface area contributed by atoms with E-state index in [0.29, 0.717) is 0 Å². The highest BCUT2D eigenvalue weighted by molar-refractivity contribution is 5.95. The van der Waals surface area contributed by atoms with E-state index in [1.54, 1.807) is 0 Å². The quantitative estimate of drug-likeness (QED) is 0.364. The van der Waals surface area contributed by atoms with Gasteiger partial charge in [-0.1, -0.05) is 12.1 Å². The number of halogens is 5. The van der Waals surface area contributed by atoms with Crippen LogP contribution >= 0.6 is 0 Å². The molecular weight excluding hydrogens is 365 g/mol. The summed E-state index contributed by atoms with van der Waals surface area (Å²) in [5.41, 5.74) is 3.78. The van der Waals surface area contributed by atoms with Gasteiger partial charge in [0, 0.05) is 0 Å². The molecule has 0 unspecified atom stereocenters. The summed E-state index contributed by atoms with van der Waals surface area (Å²) in [6, 6.07) is 5.64. The molecule has 0 saturated carbocycles. The fourth-order valence-corrected chi connectivity index (χ4v) is 1.90. The van der Waals surface area contributed by atoms with Gasteiger partial charge in [0.05, 0.1) is 11.1 Å². The van der Waals surface area contributed by atoms with Gasteiger partial charge in [0.25, 0.3) is 5.91 Å². The Kier molecular flexibility index (Phi) is 5.75. The molecule has 0 aliphatic rings. The van der Waals surface area contributed by atoms with Gasteiger partial charge >= 0.3 is 5.97 Å². The van der Waals surface area contributed by atoms with E-state index in [2.05, 4.69) is 4.74 Å². The number of amides is 1. The molecule has 1 amide bonds. The van der Waals surface area contributed by atoms with E-state index < -0.39 is 59.7 Å². The Morgan fingerprint density at radius 2 is 1.42 bits per heavy atom. The predicted octanol–water partition coefficient (Wildman–Crippen LogP) is 2.60. The zero-order valence-electron chi connectivity index (χ0n) is 12.8. The molecule has 2 aromatic rings. The standard InChI is InChI=1S/C16H10F5NO4/c17-11-8(12(18)14(20)15(21)13(11)19)5-26-10(23)6-25-9-4-2-1-3-7(9)16(22)24/h1-4H,5-6H2,(H2,22,24). The Bertz CT molecular complexity index is 843. The van der Waals surface area contributed by atoms with Gasteiger partial charge in [-0.05, 0) is 12.1 Å². The fraction of sp³-hybridized carbons (Fsp3) is 0.125. The van der Waals surface area contributed by atoms with Crippen molar-refractivity contribution in [3.8, 4) is 5.75 Å². The number of ether oxygens (including phenoxy) is 2. The van der Waals surface area contributed by atoms with Crippen molar-refractivity contribution in [3.05, 3.63) is 64.5 Å². The van der Waals surface area contributed by atoms with E-state index in [0.717, 1.165) is 0 Å². The second-order valence-electron chi connectivity index (χ2n) is 4.86. The van der Waals surface area contributed by atoms with Crippen LogP contribution in [0, 0.1) is 29.1 Å². The Balaban J connectivity index is 2.04. The van der Waals surface area contributed by atoms with Crippen molar-refractivity contribution in [1.82, 2.24) is 0 Å². The minimum Gasteiger partial charge on any atom is -0.481 e. The molecule has 0 saturated heterocycles. The second-order valence-corrected chi connectivity index (χ2v) is 4.86. The first-order chi connectivity index (χ1) is 12.2. The first-order valence-electron chi connectivity index (χ1n) is 6.91. The first-order valence-corrected chi connectivity index (χ1v) is 6.91. The van der Waals surface area contributed by atoms with Crippen LogP contribution in [-0.4, -0.2) is 18.5 Å². The van der Waals surface area contributed by atoms with E-state index in [4.69, 9.17) is 10.5 Å². The molecule has 26 heavy (non-hydrogen) atoms. The molecule has 138 valence electrons. The molecule has 2 rings (SSSR count). The number of nitrogens with two attached hydrogens (primary N) is 1. The number of hydrogen-bond acceptors (Lipinski definition) is 4. The van der Waals surface area contributed by atoms with E-state index in [1.165, 1.54) is 24.3 Å². The third-order valence-electron chi connectivity index (χ3n) is 3.18. The van der Waals surface area contributed by atoms with Crippen LogP contribution in [0.2, 0.25) is 0 Å². The van der Waals surface area contributed by atoms with Crippen molar-refractivity contribution in [3.63, 3.8) is 0 Å². The largest absolute Gasteiger partial charge is 0.481 e. The Morgan fingerprint density at radius 3 is 2.00 bits per heavy atom. The number of carbonyl (C=O) groups excluding carboxylic acids is 2. The zero-order valence-corrected chi connectivity index (χ0v) is 12.8. The molecule has 0 fully saturated rings. The van der Waals surface area contributed by atoms with Crippen LogP contribution in [0.4, 0.5) is 22.0 Å². The van der Waals surface area contributed by atoms with Gasteiger partial charge < -0.3 is 15.2 Å². The van der Waals surface area contributed by atoms with E-state index >= 15 is 0 Å². The maximum atomic E-state index is 13.5. The van der Waals surface area contributed by atoms with E-state index in [9.17, 15) is 31.5 Å². The molecule has 0 aromatic heterocycles. The highest BCUT2D eigenvalue weighted by Gasteiger charge is 2.26. The molecule has 0 radical (unpaired) electrons. The molecule has 0 aliphatic heterocycles. The van der Waals surface area contributed by atoms with Crippen LogP contribution in [0.25, 0.3) is 0 Å². The molecule has 2 N–H and O–H groups in total. The van der Waals surface area contributed by atoms with Crippen LogP contribution in [0.15, 0.2) is 24.3 Å². The van der Waals surface area contributed by atoms with Gasteiger partial charge in [0.15, 0.2) is 29.9 Å². The van der Waals surface area contributed by atoms with Crippen molar-refractivity contribution in [2.24, 2.45) is 5.73 Å². The van der Waals surface area contributed by atoms with Gasteiger partial charge in [0.1, 0.15) is 12.4 Å². The third-order valence-corrected chi connectivity index (χ3v) is 3.18. The van der Waals surface area contributed by atoms with Crippen molar-refractivity contribution < 1.29 is 41.0 Å². The molecule has 5 nitrogen and oxygen atoms in total. The number of para-hydroxylation sites is 1. The number of carbonyl (C=O) groups is 2. The Hall–Kier alpha value is -3.17. The van der Waals surface area contributed by atoms with Crippen molar-refractivity contribution in [1.29, 1.82) is 0 Å². The third kappa shape index (κ3) is 3.90. The fourth-order valence-electron chi connectivity index (χ4n) is 1.90. The molecular formula is C16H10F5NO4. The maximum Gasteiger partial charge on any atom is 0.344 e. The van der Waals surface area contributed by atoms with Crippen LogP contribution in [-0.2, 0) is 16.1 Å². The summed E-state index contributed by atoms with van der Waals surface area (Å²) in [5, 5.41) is 0. The lowest BCUT2D eigenvalue weighted by Crippen LogP contribution is -2.19. The molecule has 10 heteroatoms.